The number of carbonyl (C=O) groups is 1. The number of anilines is 1. The monoisotopic (exact) mass is 526 g/mol. The Balaban J connectivity index is 1.32. The van der Waals surface area contributed by atoms with Crippen LogP contribution in [0.4, 0.5) is 19.1 Å². The average molecular weight is 527 g/mol. The van der Waals surface area contributed by atoms with E-state index in [1.807, 2.05) is 11.0 Å². The molecule has 1 aliphatic heterocycles. The van der Waals surface area contributed by atoms with Crippen LogP contribution in [0.5, 0.6) is 11.5 Å². The number of amides is 1. The highest BCUT2D eigenvalue weighted by Crippen LogP contribution is 2.26. The van der Waals surface area contributed by atoms with Gasteiger partial charge in [0.1, 0.15) is 17.8 Å². The Labute approximate surface area is 217 Å². The van der Waals surface area contributed by atoms with E-state index in [2.05, 4.69) is 26.3 Å². The molecule has 1 aliphatic rings. The Kier molecular flexibility index (Phi) is 8.25. The number of nitrogens with one attached hydrogen (secondary N) is 1. The third-order valence-corrected chi connectivity index (χ3v) is 6.04. The Hall–Kier alpha value is -4.40. The lowest BCUT2D eigenvalue weighted by molar-refractivity contribution is -0.153. The quantitative estimate of drug-likeness (QED) is 0.469. The number of hydrogen-bond donors (Lipinski definition) is 1. The van der Waals surface area contributed by atoms with Crippen molar-refractivity contribution in [2.75, 3.05) is 38.3 Å². The highest BCUT2D eigenvalue weighted by molar-refractivity contribution is 5.95. The molecule has 1 saturated heterocycles. The number of alkyl halides is 3. The lowest BCUT2D eigenvalue weighted by Gasteiger charge is -2.32. The summed E-state index contributed by atoms with van der Waals surface area (Å²) in [6.07, 6.45) is -1.48. The summed E-state index contributed by atoms with van der Waals surface area (Å²) in [6, 6.07) is 13.2. The van der Waals surface area contributed by atoms with Crippen LogP contribution in [0.3, 0.4) is 0 Å². The first-order chi connectivity index (χ1) is 18.2. The number of carbonyl (C=O) groups excluding carboxylic acids is 1. The van der Waals surface area contributed by atoms with Crippen LogP contribution < -0.4 is 19.7 Å². The molecule has 0 atom stereocenters. The molecule has 198 valence electrons. The SMILES string of the molecule is COc1cc(OCC(F)(F)F)cc(C(=O)NCC2CCN(c3ncnc(-c4cccc(C#N)c4)n3)CC2)c1. The molecule has 0 aliphatic carbocycles. The first-order valence-electron chi connectivity index (χ1n) is 11.9. The maximum atomic E-state index is 12.7. The van der Waals surface area contributed by atoms with E-state index in [9.17, 15) is 18.0 Å². The third kappa shape index (κ3) is 7.09. The van der Waals surface area contributed by atoms with Crippen LogP contribution in [0, 0.1) is 17.2 Å². The van der Waals surface area contributed by atoms with Gasteiger partial charge in [-0.3, -0.25) is 4.79 Å². The number of nitriles is 1. The van der Waals surface area contributed by atoms with Gasteiger partial charge in [-0.1, -0.05) is 12.1 Å². The highest BCUT2D eigenvalue weighted by atomic mass is 19.4. The zero-order chi connectivity index (χ0) is 27.1. The molecule has 0 saturated carbocycles. The van der Waals surface area contributed by atoms with Crippen LogP contribution in [0.2, 0.25) is 0 Å². The molecule has 0 bridgehead atoms. The van der Waals surface area contributed by atoms with Gasteiger partial charge < -0.3 is 19.7 Å². The van der Waals surface area contributed by atoms with E-state index in [-0.39, 0.29) is 23.0 Å². The molecule has 1 N–H and O–H groups in total. The van der Waals surface area contributed by atoms with E-state index in [0.717, 1.165) is 18.4 Å². The smallest absolute Gasteiger partial charge is 0.422 e. The first-order valence-corrected chi connectivity index (χ1v) is 11.9. The Morgan fingerprint density at radius 1 is 1.16 bits per heavy atom. The lowest BCUT2D eigenvalue weighted by Crippen LogP contribution is -2.39. The summed E-state index contributed by atoms with van der Waals surface area (Å²) in [4.78, 5) is 27.9. The summed E-state index contributed by atoms with van der Waals surface area (Å²) in [5.41, 5.74) is 1.40. The molecule has 1 amide bonds. The molecule has 0 unspecified atom stereocenters. The van der Waals surface area contributed by atoms with E-state index < -0.39 is 18.7 Å². The molecule has 2 aromatic carbocycles. The maximum absolute atomic E-state index is 12.7. The van der Waals surface area contributed by atoms with Gasteiger partial charge in [-0.15, -0.1) is 0 Å². The lowest BCUT2D eigenvalue weighted by atomic mass is 9.97. The molecular weight excluding hydrogens is 501 g/mol. The van der Waals surface area contributed by atoms with E-state index in [1.165, 1.54) is 31.6 Å². The standard InChI is InChI=1S/C26H25F3N6O3/c1-37-21-10-20(11-22(12-21)38-15-26(27,28)29)24(36)31-14-17-5-7-35(8-6-17)25-33-16-32-23(34-25)19-4-2-3-18(9-19)13-30/h2-4,9-12,16-17H,5-8,14-15H2,1H3,(H,31,36). The van der Waals surface area contributed by atoms with Gasteiger partial charge in [0.05, 0.1) is 18.7 Å². The summed E-state index contributed by atoms with van der Waals surface area (Å²) in [6.45, 7) is 0.300. The highest BCUT2D eigenvalue weighted by Gasteiger charge is 2.29. The normalized spacial score (nSPS) is 14.0. The number of nitrogens with zero attached hydrogens (tertiary/aromatic N) is 5. The van der Waals surface area contributed by atoms with Crippen LogP contribution in [0.25, 0.3) is 11.4 Å². The van der Waals surface area contributed by atoms with E-state index >= 15 is 0 Å². The Bertz CT molecular complexity index is 1320. The molecule has 9 nitrogen and oxygen atoms in total. The van der Waals surface area contributed by atoms with Crippen molar-refractivity contribution in [3.63, 3.8) is 0 Å². The van der Waals surface area contributed by atoms with Crippen LogP contribution in [-0.2, 0) is 0 Å². The predicted octanol–water partition coefficient (Wildman–Crippen LogP) is 4.01. The number of benzene rings is 2. The molecule has 0 radical (unpaired) electrons. The molecule has 1 aromatic heterocycles. The molecular formula is C26H25F3N6O3. The largest absolute Gasteiger partial charge is 0.497 e. The summed E-state index contributed by atoms with van der Waals surface area (Å²) >= 11 is 0. The molecule has 4 rings (SSSR count). The zero-order valence-corrected chi connectivity index (χ0v) is 20.5. The van der Waals surface area contributed by atoms with E-state index in [4.69, 9.17) is 14.7 Å². The van der Waals surface area contributed by atoms with Gasteiger partial charge in [0, 0.05) is 36.8 Å². The average Bonchev–Trinajstić information content (AvgIpc) is 2.94. The summed E-state index contributed by atoms with van der Waals surface area (Å²) in [5, 5.41) is 12.0. The molecule has 1 fully saturated rings. The second-order valence-electron chi connectivity index (χ2n) is 8.74. The van der Waals surface area contributed by atoms with Gasteiger partial charge in [0.25, 0.3) is 5.91 Å². The minimum absolute atomic E-state index is 0.101. The fraction of sp³-hybridized carbons (Fsp3) is 0.346. The van der Waals surface area contributed by atoms with Gasteiger partial charge in [0.15, 0.2) is 12.4 Å². The second-order valence-corrected chi connectivity index (χ2v) is 8.74. The number of rotatable bonds is 8. The molecule has 2 heterocycles. The van der Waals surface area contributed by atoms with Crippen LogP contribution in [0.1, 0.15) is 28.8 Å². The van der Waals surface area contributed by atoms with Gasteiger partial charge in [0.2, 0.25) is 5.95 Å². The summed E-state index contributed by atoms with van der Waals surface area (Å²) < 4.78 is 47.4. The summed E-state index contributed by atoms with van der Waals surface area (Å²) in [5.74, 6) is 0.927. The number of halogens is 3. The fourth-order valence-corrected chi connectivity index (χ4v) is 4.05. The van der Waals surface area contributed by atoms with Crippen molar-refractivity contribution >= 4 is 11.9 Å². The van der Waals surface area contributed by atoms with Crippen molar-refractivity contribution in [3.8, 4) is 29.0 Å². The van der Waals surface area contributed by atoms with Crippen LogP contribution in [-0.4, -0.2) is 60.4 Å². The minimum atomic E-state index is -4.49. The molecule has 3 aromatic rings. The van der Waals surface area contributed by atoms with Gasteiger partial charge in [-0.25, -0.2) is 9.97 Å². The van der Waals surface area contributed by atoms with Gasteiger partial charge in [-0.2, -0.15) is 23.4 Å². The van der Waals surface area contributed by atoms with Crippen molar-refractivity contribution in [3.05, 3.63) is 59.9 Å². The number of hydrogen-bond acceptors (Lipinski definition) is 8. The predicted molar refractivity (Wildman–Crippen MR) is 132 cm³/mol. The van der Waals surface area contributed by atoms with Gasteiger partial charge >= 0.3 is 6.18 Å². The topological polar surface area (TPSA) is 113 Å². The fourth-order valence-electron chi connectivity index (χ4n) is 4.05. The minimum Gasteiger partial charge on any atom is -0.497 e. The second kappa shape index (κ2) is 11.8. The van der Waals surface area contributed by atoms with Gasteiger partial charge in [-0.05, 0) is 43.0 Å². The number of ether oxygens (including phenoxy) is 2. The third-order valence-electron chi connectivity index (χ3n) is 6.04. The summed E-state index contributed by atoms with van der Waals surface area (Å²) in [7, 11) is 1.36. The van der Waals surface area contributed by atoms with Crippen molar-refractivity contribution in [1.29, 1.82) is 5.26 Å². The van der Waals surface area contributed by atoms with Crippen molar-refractivity contribution < 1.29 is 27.4 Å². The van der Waals surface area contributed by atoms with E-state index in [1.54, 1.807) is 18.2 Å². The molecule has 0 spiro atoms. The number of methoxy groups -OCH3 is 1. The van der Waals surface area contributed by atoms with Crippen LogP contribution in [0.15, 0.2) is 48.8 Å². The van der Waals surface area contributed by atoms with Crippen molar-refractivity contribution in [2.24, 2.45) is 5.92 Å². The van der Waals surface area contributed by atoms with E-state index in [0.29, 0.717) is 37.0 Å². The maximum Gasteiger partial charge on any atom is 0.422 e. The Morgan fingerprint density at radius 2 is 1.92 bits per heavy atom. The number of aromatic nitrogens is 3. The Morgan fingerprint density at radius 3 is 2.63 bits per heavy atom. The van der Waals surface area contributed by atoms with Crippen LogP contribution >= 0.6 is 0 Å². The number of piperidine rings is 1. The first kappa shape index (κ1) is 26.7. The zero-order valence-electron chi connectivity index (χ0n) is 20.5. The van der Waals surface area contributed by atoms with Crippen molar-refractivity contribution in [1.82, 2.24) is 20.3 Å². The van der Waals surface area contributed by atoms with Crippen molar-refractivity contribution in [2.45, 2.75) is 19.0 Å². The molecule has 12 heteroatoms. The molecule has 38 heavy (non-hydrogen) atoms.